The number of allylic oxidation sites excluding steroid dienone is 3. The first-order chi connectivity index (χ1) is 8.61. The first-order valence-corrected chi connectivity index (χ1v) is 6.03. The average Bonchev–Trinajstić information content (AvgIpc) is 3.01. The van der Waals surface area contributed by atoms with Gasteiger partial charge in [0.1, 0.15) is 0 Å². The second kappa shape index (κ2) is 9.38. The van der Waals surface area contributed by atoms with Crippen molar-refractivity contribution < 1.29 is 17.1 Å². The van der Waals surface area contributed by atoms with Crippen LogP contribution in [0.3, 0.4) is 0 Å². The Morgan fingerprint density at radius 2 is 1.58 bits per heavy atom. The maximum Gasteiger partial charge on any atom is 2.00 e. The van der Waals surface area contributed by atoms with Gasteiger partial charge in [-0.2, -0.15) is 42.0 Å². The molecule has 0 fully saturated rings. The van der Waals surface area contributed by atoms with Crippen molar-refractivity contribution >= 4 is 6.08 Å². The van der Waals surface area contributed by atoms with Gasteiger partial charge in [-0.25, -0.2) is 18.2 Å². The van der Waals surface area contributed by atoms with E-state index in [1.165, 1.54) is 5.56 Å². The molecule has 0 heterocycles. The molecule has 0 aliphatic carbocycles. The van der Waals surface area contributed by atoms with Crippen molar-refractivity contribution in [1.29, 1.82) is 0 Å². The summed E-state index contributed by atoms with van der Waals surface area (Å²) in [7, 11) is 0. The van der Waals surface area contributed by atoms with Gasteiger partial charge >= 0.3 is 17.1 Å². The van der Waals surface area contributed by atoms with Gasteiger partial charge in [0.15, 0.2) is 0 Å². The molecule has 0 amide bonds. The minimum atomic E-state index is 0. The third kappa shape index (κ3) is 6.81. The molecule has 0 unspecified atom stereocenters. The summed E-state index contributed by atoms with van der Waals surface area (Å²) in [4.78, 5) is 0. The molecule has 2 rings (SSSR count). The Hall–Kier alpha value is -1.56. The first-order valence-electron chi connectivity index (χ1n) is 6.03. The molecule has 0 aliphatic rings. The number of hydrogen-bond acceptors (Lipinski definition) is 0. The summed E-state index contributed by atoms with van der Waals surface area (Å²) in [5, 5.41) is 0. The molecule has 0 bridgehead atoms. The van der Waals surface area contributed by atoms with Gasteiger partial charge in [0.05, 0.1) is 0 Å². The Kier molecular flexibility index (Phi) is 8.61. The van der Waals surface area contributed by atoms with Crippen LogP contribution in [-0.2, 0) is 17.1 Å². The molecule has 0 atom stereocenters. The topological polar surface area (TPSA) is 0 Å². The molecule has 2 aromatic carbocycles. The largest absolute Gasteiger partial charge is 2.00 e. The zero-order valence-corrected chi connectivity index (χ0v) is 12.6. The molecular formula is C18H20Fe. The molecule has 0 nitrogen and oxygen atoms in total. The summed E-state index contributed by atoms with van der Waals surface area (Å²) in [6, 6.07) is 18.2. The van der Waals surface area contributed by atoms with Gasteiger partial charge in [-0.1, -0.05) is 24.3 Å². The van der Waals surface area contributed by atoms with Crippen LogP contribution in [0.25, 0.3) is 6.08 Å². The van der Waals surface area contributed by atoms with Gasteiger partial charge in [-0.05, 0) is 19.4 Å². The van der Waals surface area contributed by atoms with Gasteiger partial charge in [0.25, 0.3) is 0 Å². The van der Waals surface area contributed by atoms with E-state index in [-0.39, 0.29) is 17.1 Å². The van der Waals surface area contributed by atoms with Crippen molar-refractivity contribution in [3.8, 4) is 0 Å². The Labute approximate surface area is 127 Å². The van der Waals surface area contributed by atoms with E-state index >= 15 is 0 Å². The summed E-state index contributed by atoms with van der Waals surface area (Å²) in [6.07, 6.45) is 2.12. The molecule has 0 saturated carbocycles. The van der Waals surface area contributed by atoms with Crippen LogP contribution in [-0.4, -0.2) is 0 Å². The molecule has 0 saturated heterocycles. The Balaban J connectivity index is 0.000000454. The van der Waals surface area contributed by atoms with Crippen LogP contribution < -0.4 is 0 Å². The second-order valence-electron chi connectivity index (χ2n) is 4.30. The average molecular weight is 292 g/mol. The smallest absolute Gasteiger partial charge is 0.214 e. The zero-order chi connectivity index (χ0) is 13.4. The normalized spacial score (nSPS) is 8.53. The standard InChI is InChI=1S/C13H15.C5H5.Fe/c1-10(2)13(11(3)4)9-12-7-5-6-8-12;1-2-4-5-3-1;/h5-9H,1,3H2,2,4H3;1-5H;/q2*-1;+2. The van der Waals surface area contributed by atoms with E-state index < -0.39 is 0 Å². The quantitative estimate of drug-likeness (QED) is 0.407. The zero-order valence-electron chi connectivity index (χ0n) is 11.5. The number of rotatable bonds is 3. The monoisotopic (exact) mass is 292 g/mol. The Morgan fingerprint density at radius 3 is 1.89 bits per heavy atom. The predicted octanol–water partition coefficient (Wildman–Crippen LogP) is 5.34. The molecule has 0 N–H and O–H groups in total. The fourth-order valence-electron chi connectivity index (χ4n) is 1.58. The maximum atomic E-state index is 3.93. The van der Waals surface area contributed by atoms with Crippen molar-refractivity contribution in [3.63, 3.8) is 0 Å². The van der Waals surface area contributed by atoms with Crippen molar-refractivity contribution in [1.82, 2.24) is 0 Å². The Morgan fingerprint density at radius 1 is 1.00 bits per heavy atom. The van der Waals surface area contributed by atoms with E-state index in [4.69, 9.17) is 0 Å². The van der Waals surface area contributed by atoms with E-state index in [9.17, 15) is 0 Å². The number of hydrogen-bond donors (Lipinski definition) is 0. The molecule has 0 aromatic heterocycles. The van der Waals surface area contributed by atoms with Crippen molar-refractivity contribution in [2.45, 2.75) is 13.8 Å². The second-order valence-corrected chi connectivity index (χ2v) is 4.30. The van der Waals surface area contributed by atoms with Gasteiger partial charge in [0, 0.05) is 0 Å². The fourth-order valence-corrected chi connectivity index (χ4v) is 1.58. The molecule has 0 aliphatic heterocycles. The molecule has 2 aromatic rings. The third-order valence-electron chi connectivity index (χ3n) is 2.47. The SMILES string of the molecule is C=C(C)C(=Cc1cc[cH-]c1)C(=C)C.[Fe+2].c1cc[cH-]c1. The summed E-state index contributed by atoms with van der Waals surface area (Å²) >= 11 is 0. The van der Waals surface area contributed by atoms with Crippen molar-refractivity contribution in [2.75, 3.05) is 0 Å². The molecule has 19 heavy (non-hydrogen) atoms. The van der Waals surface area contributed by atoms with Crippen LogP contribution in [0.4, 0.5) is 0 Å². The minimum absolute atomic E-state index is 0. The molecular weight excluding hydrogens is 272 g/mol. The van der Waals surface area contributed by atoms with Gasteiger partial charge < -0.3 is 0 Å². The summed E-state index contributed by atoms with van der Waals surface area (Å²) in [5.41, 5.74) is 4.48. The molecule has 1 heteroatoms. The van der Waals surface area contributed by atoms with Crippen molar-refractivity contribution in [2.24, 2.45) is 0 Å². The van der Waals surface area contributed by atoms with Crippen LogP contribution in [0.2, 0.25) is 0 Å². The van der Waals surface area contributed by atoms with E-state index in [1.807, 2.05) is 56.3 Å². The predicted molar refractivity (Wildman–Crippen MR) is 81.7 cm³/mol. The van der Waals surface area contributed by atoms with Crippen LogP contribution in [0.5, 0.6) is 0 Å². The Bertz CT molecular complexity index is 463. The van der Waals surface area contributed by atoms with Crippen LogP contribution in [0.15, 0.2) is 84.5 Å². The van der Waals surface area contributed by atoms with Crippen LogP contribution in [0, 0.1) is 0 Å². The van der Waals surface area contributed by atoms with E-state index in [0.717, 1.165) is 16.7 Å². The van der Waals surface area contributed by atoms with Crippen LogP contribution in [0.1, 0.15) is 19.4 Å². The summed E-state index contributed by atoms with van der Waals surface area (Å²) < 4.78 is 0. The van der Waals surface area contributed by atoms with Crippen molar-refractivity contribution in [3.05, 3.63) is 90.0 Å². The molecule has 0 spiro atoms. The summed E-state index contributed by atoms with van der Waals surface area (Å²) in [6.45, 7) is 11.9. The van der Waals surface area contributed by atoms with E-state index in [2.05, 4.69) is 31.4 Å². The van der Waals surface area contributed by atoms with E-state index in [0.29, 0.717) is 0 Å². The minimum Gasteiger partial charge on any atom is -0.214 e. The molecule has 0 radical (unpaired) electrons. The first kappa shape index (κ1) is 17.4. The summed E-state index contributed by atoms with van der Waals surface area (Å²) in [5.74, 6) is 0. The van der Waals surface area contributed by atoms with E-state index in [1.54, 1.807) is 0 Å². The van der Waals surface area contributed by atoms with Gasteiger partial charge in [-0.3, -0.25) is 0 Å². The van der Waals surface area contributed by atoms with Gasteiger partial charge in [-0.15, -0.1) is 6.08 Å². The fraction of sp³-hybridized carbons (Fsp3) is 0.111. The van der Waals surface area contributed by atoms with Crippen LogP contribution >= 0.6 is 0 Å². The third-order valence-corrected chi connectivity index (χ3v) is 2.47. The molecule has 100 valence electrons. The van der Waals surface area contributed by atoms with Gasteiger partial charge in [0.2, 0.25) is 0 Å². The maximum absolute atomic E-state index is 3.93.